The fourth-order valence-electron chi connectivity index (χ4n) is 1.10. The number of amides is 1. The molecule has 16 heavy (non-hydrogen) atoms. The molecular weight excluding hydrogens is 208 g/mol. The maximum absolute atomic E-state index is 11.8. The Morgan fingerprint density at radius 1 is 1.31 bits per heavy atom. The van der Waals surface area contributed by atoms with E-state index >= 15 is 0 Å². The van der Waals surface area contributed by atoms with Crippen molar-refractivity contribution in [2.24, 2.45) is 5.73 Å². The van der Waals surface area contributed by atoms with Crippen molar-refractivity contribution in [1.82, 2.24) is 4.90 Å². The molecule has 0 aliphatic heterocycles. The number of carbonyl (C=O) groups is 1. The maximum Gasteiger partial charge on any atom is 0.410 e. The molecule has 0 aromatic heterocycles. The van der Waals surface area contributed by atoms with Crippen LogP contribution in [0.2, 0.25) is 0 Å². The third-order valence-electron chi connectivity index (χ3n) is 1.85. The quantitative estimate of drug-likeness (QED) is 0.748. The van der Waals surface area contributed by atoms with E-state index in [-0.39, 0.29) is 6.09 Å². The van der Waals surface area contributed by atoms with Gasteiger partial charge in [-0.05, 0) is 33.7 Å². The van der Waals surface area contributed by atoms with Crippen molar-refractivity contribution in [1.29, 1.82) is 0 Å². The minimum Gasteiger partial charge on any atom is -0.444 e. The summed E-state index contributed by atoms with van der Waals surface area (Å²) >= 11 is 0. The van der Waals surface area contributed by atoms with Crippen LogP contribution in [0, 0.1) is 0 Å². The lowest BCUT2D eigenvalue weighted by Gasteiger charge is -2.27. The maximum atomic E-state index is 11.8. The van der Waals surface area contributed by atoms with Crippen LogP contribution < -0.4 is 5.73 Å². The first-order valence-electron chi connectivity index (χ1n) is 5.57. The molecule has 0 aromatic rings. The van der Waals surface area contributed by atoms with Crippen molar-refractivity contribution in [3.63, 3.8) is 0 Å². The highest BCUT2D eigenvalue weighted by atomic mass is 16.6. The lowest BCUT2D eigenvalue weighted by molar-refractivity contribution is 0.0201. The molecule has 0 fully saturated rings. The topological polar surface area (TPSA) is 64.8 Å². The number of hydrogen-bond donors (Lipinski definition) is 1. The second-order valence-electron chi connectivity index (χ2n) is 4.60. The molecule has 0 rings (SSSR count). The van der Waals surface area contributed by atoms with E-state index in [0.29, 0.717) is 26.2 Å². The van der Waals surface area contributed by atoms with Crippen LogP contribution in [-0.4, -0.2) is 49.9 Å². The molecule has 0 radical (unpaired) electrons. The zero-order chi connectivity index (χ0) is 12.6. The van der Waals surface area contributed by atoms with Gasteiger partial charge in [-0.15, -0.1) is 0 Å². The molecular formula is C11H24N2O3. The minimum atomic E-state index is -0.467. The molecule has 0 heterocycles. The van der Waals surface area contributed by atoms with Gasteiger partial charge in [-0.2, -0.15) is 0 Å². The largest absolute Gasteiger partial charge is 0.444 e. The second-order valence-corrected chi connectivity index (χ2v) is 4.60. The van der Waals surface area contributed by atoms with E-state index in [2.05, 4.69) is 0 Å². The van der Waals surface area contributed by atoms with Gasteiger partial charge in [-0.1, -0.05) is 0 Å². The zero-order valence-electron chi connectivity index (χ0n) is 10.8. The molecule has 5 heteroatoms. The highest BCUT2D eigenvalue weighted by Gasteiger charge is 2.21. The van der Waals surface area contributed by atoms with Gasteiger partial charge in [-0.3, -0.25) is 0 Å². The van der Waals surface area contributed by atoms with Gasteiger partial charge < -0.3 is 20.1 Å². The van der Waals surface area contributed by atoms with Gasteiger partial charge in [0.1, 0.15) is 5.60 Å². The van der Waals surface area contributed by atoms with Crippen LogP contribution >= 0.6 is 0 Å². The average Bonchev–Trinajstić information content (AvgIpc) is 2.15. The van der Waals surface area contributed by atoms with Gasteiger partial charge in [0.05, 0.1) is 6.61 Å². The third-order valence-corrected chi connectivity index (χ3v) is 1.85. The summed E-state index contributed by atoms with van der Waals surface area (Å²) in [5, 5.41) is 0. The van der Waals surface area contributed by atoms with E-state index in [9.17, 15) is 4.79 Å². The Kier molecular flexibility index (Phi) is 7.08. The summed E-state index contributed by atoms with van der Waals surface area (Å²) in [6.07, 6.45) is 0.459. The lowest BCUT2D eigenvalue weighted by Crippen LogP contribution is -2.39. The first-order chi connectivity index (χ1) is 7.40. The molecule has 0 saturated heterocycles. The predicted molar refractivity (Wildman–Crippen MR) is 63.4 cm³/mol. The van der Waals surface area contributed by atoms with E-state index in [1.165, 1.54) is 0 Å². The number of nitrogens with zero attached hydrogens (tertiary/aromatic N) is 1. The molecule has 0 unspecified atom stereocenters. The van der Waals surface area contributed by atoms with Crippen molar-refractivity contribution in [2.45, 2.75) is 32.8 Å². The van der Waals surface area contributed by atoms with Gasteiger partial charge in [0.2, 0.25) is 0 Å². The number of ether oxygens (including phenoxy) is 2. The normalized spacial score (nSPS) is 11.3. The first-order valence-corrected chi connectivity index (χ1v) is 5.57. The molecule has 5 nitrogen and oxygen atoms in total. The number of hydrogen-bond acceptors (Lipinski definition) is 4. The molecule has 0 aliphatic rings. The van der Waals surface area contributed by atoms with Crippen LogP contribution in [0.15, 0.2) is 0 Å². The molecule has 0 aliphatic carbocycles. The van der Waals surface area contributed by atoms with E-state index < -0.39 is 5.60 Å². The van der Waals surface area contributed by atoms with Crippen molar-refractivity contribution in [3.8, 4) is 0 Å². The Hall–Kier alpha value is -0.810. The predicted octanol–water partition coefficient (Wildman–Crippen LogP) is 1.22. The van der Waals surface area contributed by atoms with E-state index in [1.807, 2.05) is 20.8 Å². The SMILES string of the molecule is COCCN(CCCN)C(=O)OC(C)(C)C. The Morgan fingerprint density at radius 2 is 1.94 bits per heavy atom. The van der Waals surface area contributed by atoms with Crippen LogP contribution in [-0.2, 0) is 9.47 Å². The Bertz CT molecular complexity index is 194. The molecule has 0 atom stereocenters. The average molecular weight is 232 g/mol. The monoisotopic (exact) mass is 232 g/mol. The van der Waals surface area contributed by atoms with Crippen LogP contribution in [0.5, 0.6) is 0 Å². The van der Waals surface area contributed by atoms with Crippen LogP contribution in [0.1, 0.15) is 27.2 Å². The smallest absolute Gasteiger partial charge is 0.410 e. The van der Waals surface area contributed by atoms with E-state index in [1.54, 1.807) is 12.0 Å². The van der Waals surface area contributed by atoms with E-state index in [0.717, 1.165) is 6.42 Å². The summed E-state index contributed by atoms with van der Waals surface area (Å²) in [7, 11) is 1.61. The highest BCUT2D eigenvalue weighted by molar-refractivity contribution is 5.68. The molecule has 1 amide bonds. The summed E-state index contributed by atoms with van der Waals surface area (Å²) in [6.45, 7) is 7.75. The van der Waals surface area contributed by atoms with Crippen LogP contribution in [0.3, 0.4) is 0 Å². The number of carbonyl (C=O) groups excluding carboxylic acids is 1. The Labute approximate surface area is 97.9 Å². The van der Waals surface area contributed by atoms with Gasteiger partial charge in [0.25, 0.3) is 0 Å². The summed E-state index contributed by atoms with van der Waals surface area (Å²) in [6, 6.07) is 0. The minimum absolute atomic E-state index is 0.307. The molecule has 0 spiro atoms. The van der Waals surface area contributed by atoms with Crippen molar-refractivity contribution >= 4 is 6.09 Å². The summed E-state index contributed by atoms with van der Waals surface area (Å²) < 4.78 is 10.2. The summed E-state index contributed by atoms with van der Waals surface area (Å²) in [5.74, 6) is 0. The lowest BCUT2D eigenvalue weighted by atomic mass is 10.2. The molecule has 2 N–H and O–H groups in total. The van der Waals surface area contributed by atoms with Gasteiger partial charge in [0, 0.05) is 20.2 Å². The standard InChI is InChI=1S/C11H24N2O3/c1-11(2,3)16-10(14)13(7-5-6-12)8-9-15-4/h5-9,12H2,1-4H3. The number of methoxy groups -OCH3 is 1. The first kappa shape index (κ1) is 15.2. The van der Waals surface area contributed by atoms with E-state index in [4.69, 9.17) is 15.2 Å². The molecule has 0 saturated carbocycles. The van der Waals surface area contributed by atoms with Gasteiger partial charge in [0.15, 0.2) is 0 Å². The highest BCUT2D eigenvalue weighted by Crippen LogP contribution is 2.10. The fraction of sp³-hybridized carbons (Fsp3) is 0.909. The zero-order valence-corrected chi connectivity index (χ0v) is 10.8. The van der Waals surface area contributed by atoms with Crippen LogP contribution in [0.4, 0.5) is 4.79 Å². The summed E-state index contributed by atoms with van der Waals surface area (Å²) in [4.78, 5) is 13.4. The van der Waals surface area contributed by atoms with Crippen molar-refractivity contribution in [3.05, 3.63) is 0 Å². The van der Waals surface area contributed by atoms with Crippen molar-refractivity contribution < 1.29 is 14.3 Å². The summed E-state index contributed by atoms with van der Waals surface area (Å²) in [5.41, 5.74) is 4.96. The number of rotatable bonds is 6. The second kappa shape index (κ2) is 7.46. The third kappa shape index (κ3) is 7.48. The Balaban J connectivity index is 4.19. The molecule has 0 aromatic carbocycles. The Morgan fingerprint density at radius 3 is 2.38 bits per heavy atom. The van der Waals surface area contributed by atoms with Crippen LogP contribution in [0.25, 0.3) is 0 Å². The molecule has 96 valence electrons. The fourth-order valence-corrected chi connectivity index (χ4v) is 1.10. The van der Waals surface area contributed by atoms with Gasteiger partial charge >= 0.3 is 6.09 Å². The molecule has 0 bridgehead atoms. The van der Waals surface area contributed by atoms with Crippen molar-refractivity contribution in [2.75, 3.05) is 33.4 Å². The van der Waals surface area contributed by atoms with Gasteiger partial charge in [-0.25, -0.2) is 4.79 Å². The number of nitrogens with two attached hydrogens (primary N) is 1.